The first-order chi connectivity index (χ1) is 17.5. The van der Waals surface area contributed by atoms with Gasteiger partial charge >= 0.3 is 5.97 Å². The number of carboxylic acids is 1. The highest BCUT2D eigenvalue weighted by Crippen LogP contribution is 2.54. The first-order valence-electron chi connectivity index (χ1n) is 13.5. The van der Waals surface area contributed by atoms with Crippen LogP contribution in [0.15, 0.2) is 39.2 Å². The van der Waals surface area contributed by atoms with Crippen LogP contribution in [0.1, 0.15) is 95.6 Å². The highest BCUT2D eigenvalue weighted by atomic mass is 16.5. The molecule has 0 unspecified atom stereocenters. The number of aliphatic carboxylic acids is 1. The highest BCUT2D eigenvalue weighted by Gasteiger charge is 2.48. The van der Waals surface area contributed by atoms with E-state index in [0.717, 1.165) is 27.8 Å². The van der Waals surface area contributed by atoms with Crippen molar-refractivity contribution >= 4 is 28.5 Å². The molecule has 0 amide bonds. The number of aryl methyl sites for hydroxylation is 2. The lowest BCUT2D eigenvalue weighted by atomic mass is 9.65. The second-order valence-corrected chi connectivity index (χ2v) is 13.8. The van der Waals surface area contributed by atoms with Crippen LogP contribution in [-0.2, 0) is 25.5 Å². The summed E-state index contributed by atoms with van der Waals surface area (Å²) in [6.45, 7) is 15.6. The van der Waals surface area contributed by atoms with E-state index in [-0.39, 0.29) is 22.4 Å². The molecule has 2 heterocycles. The molecule has 38 heavy (non-hydrogen) atoms. The summed E-state index contributed by atoms with van der Waals surface area (Å²) in [5, 5.41) is 10.8. The number of ketones is 2. The summed E-state index contributed by atoms with van der Waals surface area (Å²) in [5.74, 6) is 0.555. The normalized spacial score (nSPS) is 21.5. The van der Waals surface area contributed by atoms with Crippen LogP contribution in [-0.4, -0.2) is 22.6 Å². The lowest BCUT2D eigenvalue weighted by molar-refractivity contribution is -0.146. The third kappa shape index (κ3) is 4.32. The van der Waals surface area contributed by atoms with Crippen molar-refractivity contribution in [3.05, 3.63) is 57.2 Å². The van der Waals surface area contributed by atoms with Crippen molar-refractivity contribution in [3.63, 3.8) is 0 Å². The van der Waals surface area contributed by atoms with E-state index in [1.54, 1.807) is 13.8 Å². The number of carbonyl (C=O) groups is 3. The third-order valence-corrected chi connectivity index (χ3v) is 8.44. The Bertz CT molecular complexity index is 1420. The zero-order chi connectivity index (χ0) is 27.9. The van der Waals surface area contributed by atoms with Gasteiger partial charge in [-0.2, -0.15) is 0 Å². The van der Waals surface area contributed by atoms with E-state index in [1.807, 2.05) is 26.0 Å². The molecule has 1 N–H and O–H groups in total. The SMILES string of the molecule is Cc1cc2c(C)c(CC(C)(C)C(=O)O)cc(C3C4=C(CC(C)(C)CC4=O)OC4=C3C(=O)CC(C)(C)C4)c2o1. The molecule has 6 nitrogen and oxygen atoms in total. The molecule has 2 aliphatic carbocycles. The second kappa shape index (κ2) is 8.42. The largest absolute Gasteiger partial charge is 0.481 e. The number of rotatable bonds is 4. The Balaban J connectivity index is 1.81. The lowest BCUT2D eigenvalue weighted by Gasteiger charge is -2.42. The molecule has 3 aliphatic rings. The van der Waals surface area contributed by atoms with Gasteiger partial charge in [0.05, 0.1) is 11.3 Å². The quantitative estimate of drug-likeness (QED) is 0.464. The molecule has 1 aromatic heterocycles. The first-order valence-corrected chi connectivity index (χ1v) is 13.5. The van der Waals surface area contributed by atoms with Gasteiger partial charge in [0.2, 0.25) is 0 Å². The molecule has 0 atom stereocenters. The van der Waals surface area contributed by atoms with Gasteiger partial charge in [-0.25, -0.2) is 0 Å². The summed E-state index contributed by atoms with van der Waals surface area (Å²) >= 11 is 0. The summed E-state index contributed by atoms with van der Waals surface area (Å²) in [6, 6.07) is 3.95. The molecule has 0 saturated heterocycles. The second-order valence-electron chi connectivity index (χ2n) is 13.8. The Morgan fingerprint density at radius 2 is 1.47 bits per heavy atom. The van der Waals surface area contributed by atoms with E-state index in [9.17, 15) is 19.5 Å². The number of Topliss-reactive ketones (excluding diaryl/α,β-unsaturated/α-hetero) is 2. The summed E-state index contributed by atoms with van der Waals surface area (Å²) < 4.78 is 12.7. The number of benzene rings is 1. The van der Waals surface area contributed by atoms with E-state index >= 15 is 0 Å². The predicted molar refractivity (Wildman–Crippen MR) is 145 cm³/mol. The topological polar surface area (TPSA) is 93.8 Å². The maximum Gasteiger partial charge on any atom is 0.309 e. The highest BCUT2D eigenvalue weighted by molar-refractivity contribution is 6.07. The number of carboxylic acid groups (broad SMARTS) is 1. The van der Waals surface area contributed by atoms with Gasteiger partial charge in [0.1, 0.15) is 22.9 Å². The van der Waals surface area contributed by atoms with E-state index < -0.39 is 17.3 Å². The molecule has 202 valence electrons. The Morgan fingerprint density at radius 1 is 0.947 bits per heavy atom. The van der Waals surface area contributed by atoms with Crippen molar-refractivity contribution in [2.75, 3.05) is 0 Å². The molecule has 1 aliphatic heterocycles. The van der Waals surface area contributed by atoms with Gasteiger partial charge in [-0.15, -0.1) is 0 Å². The first kappa shape index (κ1) is 26.5. The van der Waals surface area contributed by atoms with Crippen LogP contribution < -0.4 is 0 Å². The molecule has 0 saturated carbocycles. The molecular weight excluding hydrogens is 480 g/mol. The van der Waals surface area contributed by atoms with Crippen LogP contribution in [0.5, 0.6) is 0 Å². The zero-order valence-electron chi connectivity index (χ0n) is 23.8. The van der Waals surface area contributed by atoms with Gasteiger partial charge < -0.3 is 14.3 Å². The Hall–Kier alpha value is -3.15. The molecule has 0 bridgehead atoms. The average Bonchev–Trinajstić information content (AvgIpc) is 3.14. The molecular formula is C32H38O6. The maximum absolute atomic E-state index is 13.8. The maximum atomic E-state index is 13.8. The number of allylic oxidation sites excluding steroid dienone is 4. The van der Waals surface area contributed by atoms with Crippen LogP contribution in [0.3, 0.4) is 0 Å². The van der Waals surface area contributed by atoms with E-state index in [1.165, 1.54) is 0 Å². The standard InChI is InChI=1S/C32H38O6/c1-16-9-19-17(2)18(11-32(7,8)29(35)36)10-20(28(19)37-16)25-26-21(33)12-30(3,4)14-23(26)38-24-15-31(5,6)13-22(34)27(24)25/h9-10,25H,11-15H2,1-8H3,(H,35,36). The fourth-order valence-electron chi connectivity index (χ4n) is 6.48. The molecule has 0 radical (unpaired) electrons. The van der Waals surface area contributed by atoms with E-state index in [4.69, 9.17) is 9.15 Å². The molecule has 6 heteroatoms. The minimum Gasteiger partial charge on any atom is -0.481 e. The minimum absolute atomic E-state index is 0.00477. The number of ether oxygens (including phenoxy) is 1. The van der Waals surface area contributed by atoms with Gasteiger partial charge in [0, 0.05) is 47.8 Å². The van der Waals surface area contributed by atoms with Crippen molar-refractivity contribution in [3.8, 4) is 0 Å². The molecule has 0 fully saturated rings. The number of furan rings is 1. The average molecular weight is 519 g/mol. The fraction of sp³-hybridized carbons (Fsp3) is 0.531. The minimum atomic E-state index is -0.992. The Labute approximate surface area is 224 Å². The number of hydrogen-bond acceptors (Lipinski definition) is 5. The zero-order valence-corrected chi connectivity index (χ0v) is 23.8. The van der Waals surface area contributed by atoms with Gasteiger partial charge in [0.25, 0.3) is 0 Å². The van der Waals surface area contributed by atoms with Crippen molar-refractivity contribution < 1.29 is 28.6 Å². The number of fused-ring (bicyclic) bond motifs is 1. The van der Waals surface area contributed by atoms with E-state index in [0.29, 0.717) is 60.4 Å². The van der Waals surface area contributed by atoms with Crippen LogP contribution >= 0.6 is 0 Å². The van der Waals surface area contributed by atoms with Crippen molar-refractivity contribution in [1.82, 2.24) is 0 Å². The van der Waals surface area contributed by atoms with Crippen LogP contribution in [0, 0.1) is 30.1 Å². The molecule has 1 aromatic carbocycles. The van der Waals surface area contributed by atoms with Crippen molar-refractivity contribution in [2.45, 2.75) is 93.4 Å². The number of carbonyl (C=O) groups excluding carboxylic acids is 2. The lowest BCUT2D eigenvalue weighted by Crippen LogP contribution is -2.37. The molecule has 5 rings (SSSR count). The van der Waals surface area contributed by atoms with Gasteiger partial charge in [-0.3, -0.25) is 14.4 Å². The van der Waals surface area contributed by atoms with Crippen LogP contribution in [0.2, 0.25) is 0 Å². The fourth-order valence-corrected chi connectivity index (χ4v) is 6.48. The van der Waals surface area contributed by atoms with Gasteiger partial charge in [-0.05, 0) is 62.1 Å². The van der Waals surface area contributed by atoms with E-state index in [2.05, 4.69) is 27.7 Å². The molecule has 0 spiro atoms. The predicted octanol–water partition coefficient (Wildman–Crippen LogP) is 7.10. The van der Waals surface area contributed by atoms with Crippen molar-refractivity contribution in [1.29, 1.82) is 0 Å². The Morgan fingerprint density at radius 3 is 1.97 bits per heavy atom. The molecule has 2 aromatic rings. The van der Waals surface area contributed by atoms with Gasteiger partial charge in [0.15, 0.2) is 11.6 Å². The summed E-state index contributed by atoms with van der Waals surface area (Å²) in [6.07, 6.45) is 2.28. The number of hydrogen-bond donors (Lipinski definition) is 1. The monoisotopic (exact) mass is 518 g/mol. The van der Waals surface area contributed by atoms with Crippen LogP contribution in [0.4, 0.5) is 0 Å². The third-order valence-electron chi connectivity index (χ3n) is 8.44. The summed E-state index contributed by atoms with van der Waals surface area (Å²) in [5.41, 5.74) is 2.87. The van der Waals surface area contributed by atoms with Crippen molar-refractivity contribution in [2.24, 2.45) is 16.2 Å². The summed E-state index contributed by atoms with van der Waals surface area (Å²) in [7, 11) is 0. The Kier molecular flexibility index (Phi) is 5.87. The van der Waals surface area contributed by atoms with Crippen LogP contribution in [0.25, 0.3) is 11.0 Å². The summed E-state index contributed by atoms with van der Waals surface area (Å²) in [4.78, 5) is 39.6. The smallest absolute Gasteiger partial charge is 0.309 e. The van der Waals surface area contributed by atoms with Gasteiger partial charge in [-0.1, -0.05) is 33.8 Å².